The second-order valence-electron chi connectivity index (χ2n) is 4.11. The molecule has 20 heavy (non-hydrogen) atoms. The summed E-state index contributed by atoms with van der Waals surface area (Å²) in [6.45, 7) is 1.80. The molecule has 7 heteroatoms. The van der Waals surface area contributed by atoms with Crippen LogP contribution in [0, 0.1) is 6.92 Å². The van der Waals surface area contributed by atoms with E-state index < -0.39 is 5.97 Å². The second kappa shape index (κ2) is 6.25. The quantitative estimate of drug-likeness (QED) is 0.880. The fourth-order valence-electron chi connectivity index (χ4n) is 1.61. The fraction of sp³-hybridized carbons (Fsp3) is 0.231. The number of pyridine rings is 1. The van der Waals surface area contributed by atoms with Crippen LogP contribution in [-0.4, -0.2) is 27.0 Å². The minimum Gasteiger partial charge on any atom is -0.481 e. The molecule has 1 amide bonds. The van der Waals surface area contributed by atoms with Crippen LogP contribution in [0.2, 0.25) is 0 Å². The molecule has 6 nitrogen and oxygen atoms in total. The molecule has 2 rings (SSSR count). The summed E-state index contributed by atoms with van der Waals surface area (Å²) >= 11 is 1.30. The van der Waals surface area contributed by atoms with Crippen molar-refractivity contribution >= 4 is 28.3 Å². The van der Waals surface area contributed by atoms with Gasteiger partial charge in [0, 0.05) is 22.8 Å². The van der Waals surface area contributed by atoms with E-state index in [4.69, 9.17) is 5.11 Å². The van der Waals surface area contributed by atoms with E-state index in [1.807, 2.05) is 0 Å². The van der Waals surface area contributed by atoms with E-state index in [0.717, 1.165) is 10.6 Å². The van der Waals surface area contributed by atoms with E-state index in [-0.39, 0.29) is 12.3 Å². The fourth-order valence-corrected chi connectivity index (χ4v) is 2.56. The molecule has 2 aromatic heterocycles. The number of rotatable bonds is 5. The highest BCUT2D eigenvalue weighted by molar-refractivity contribution is 7.15. The molecule has 0 aromatic carbocycles. The van der Waals surface area contributed by atoms with Crippen LogP contribution in [0.3, 0.4) is 0 Å². The first-order chi connectivity index (χ1) is 9.56. The summed E-state index contributed by atoms with van der Waals surface area (Å²) in [4.78, 5) is 31.4. The van der Waals surface area contributed by atoms with Crippen molar-refractivity contribution in [2.45, 2.75) is 19.8 Å². The van der Waals surface area contributed by atoms with Crippen molar-refractivity contribution in [1.29, 1.82) is 0 Å². The molecule has 0 aliphatic carbocycles. The molecule has 0 saturated carbocycles. The molecule has 0 atom stereocenters. The number of carbonyl (C=O) groups excluding carboxylic acids is 1. The first-order valence-electron chi connectivity index (χ1n) is 5.95. The number of carbonyl (C=O) groups is 2. The zero-order chi connectivity index (χ0) is 14.5. The molecule has 0 unspecified atom stereocenters. The summed E-state index contributed by atoms with van der Waals surface area (Å²) in [7, 11) is 0. The van der Waals surface area contributed by atoms with Gasteiger partial charge < -0.3 is 5.11 Å². The van der Waals surface area contributed by atoms with Crippen LogP contribution in [-0.2, 0) is 11.2 Å². The summed E-state index contributed by atoms with van der Waals surface area (Å²) in [5.41, 5.74) is 1.25. The van der Waals surface area contributed by atoms with Gasteiger partial charge >= 0.3 is 5.97 Å². The third-order valence-electron chi connectivity index (χ3n) is 2.62. The molecule has 0 aliphatic heterocycles. The lowest BCUT2D eigenvalue weighted by Crippen LogP contribution is -2.11. The topological polar surface area (TPSA) is 92.2 Å². The zero-order valence-corrected chi connectivity index (χ0v) is 11.6. The standard InChI is InChI=1S/C13H13N3O3S/c1-8-10(2-3-11(17)18)20-13(15-8)16-12(19)9-4-6-14-7-5-9/h4-7H,2-3H2,1H3,(H,17,18)(H,15,16,19). The Kier molecular flexibility index (Phi) is 4.41. The van der Waals surface area contributed by atoms with Gasteiger partial charge in [-0.25, -0.2) is 4.98 Å². The number of nitrogens with one attached hydrogen (secondary N) is 1. The number of aromatic nitrogens is 2. The molecular formula is C13H13N3O3S. The summed E-state index contributed by atoms with van der Waals surface area (Å²) in [5.74, 6) is -1.11. The van der Waals surface area contributed by atoms with Gasteiger partial charge in [-0.15, -0.1) is 11.3 Å². The Morgan fingerprint density at radius 2 is 2.05 bits per heavy atom. The Morgan fingerprint density at radius 1 is 1.35 bits per heavy atom. The second-order valence-corrected chi connectivity index (χ2v) is 5.19. The SMILES string of the molecule is Cc1nc(NC(=O)c2ccncc2)sc1CCC(=O)O. The number of hydrogen-bond acceptors (Lipinski definition) is 5. The van der Waals surface area contributed by atoms with Crippen LogP contribution in [0.5, 0.6) is 0 Å². The van der Waals surface area contributed by atoms with Gasteiger partial charge in [0.25, 0.3) is 5.91 Å². The summed E-state index contributed by atoms with van der Waals surface area (Å²) < 4.78 is 0. The largest absolute Gasteiger partial charge is 0.481 e. The molecule has 0 radical (unpaired) electrons. The first kappa shape index (κ1) is 14.1. The number of hydrogen-bond donors (Lipinski definition) is 2. The van der Waals surface area contributed by atoms with Gasteiger partial charge in [0.15, 0.2) is 5.13 Å². The average Bonchev–Trinajstić information content (AvgIpc) is 2.77. The van der Waals surface area contributed by atoms with E-state index >= 15 is 0 Å². The number of aliphatic carboxylic acids is 1. The van der Waals surface area contributed by atoms with Gasteiger partial charge in [-0.2, -0.15) is 0 Å². The van der Waals surface area contributed by atoms with E-state index in [0.29, 0.717) is 17.1 Å². The van der Waals surface area contributed by atoms with Crippen molar-refractivity contribution in [3.63, 3.8) is 0 Å². The van der Waals surface area contributed by atoms with E-state index in [2.05, 4.69) is 15.3 Å². The lowest BCUT2D eigenvalue weighted by molar-refractivity contribution is -0.136. The van der Waals surface area contributed by atoms with Crippen LogP contribution in [0.4, 0.5) is 5.13 Å². The number of carboxylic acids is 1. The number of aryl methyl sites for hydroxylation is 2. The maximum atomic E-state index is 11.9. The Labute approximate surface area is 119 Å². The van der Waals surface area contributed by atoms with E-state index in [1.165, 1.54) is 11.3 Å². The van der Waals surface area contributed by atoms with Crippen molar-refractivity contribution in [3.8, 4) is 0 Å². The van der Waals surface area contributed by atoms with Gasteiger partial charge in [-0.3, -0.25) is 19.9 Å². The Balaban J connectivity index is 2.05. The molecule has 0 saturated heterocycles. The van der Waals surface area contributed by atoms with Crippen LogP contribution >= 0.6 is 11.3 Å². The monoisotopic (exact) mass is 291 g/mol. The Morgan fingerprint density at radius 3 is 2.70 bits per heavy atom. The molecule has 2 aromatic rings. The summed E-state index contributed by atoms with van der Waals surface area (Å²) in [6.07, 6.45) is 3.56. The first-order valence-corrected chi connectivity index (χ1v) is 6.77. The predicted molar refractivity (Wildman–Crippen MR) is 75.0 cm³/mol. The third-order valence-corrected chi connectivity index (χ3v) is 3.75. The van der Waals surface area contributed by atoms with Crippen LogP contribution in [0.15, 0.2) is 24.5 Å². The van der Waals surface area contributed by atoms with Gasteiger partial charge in [-0.05, 0) is 25.5 Å². The lowest BCUT2D eigenvalue weighted by atomic mass is 10.2. The predicted octanol–water partition coefficient (Wildman–Crippen LogP) is 2.12. The zero-order valence-electron chi connectivity index (χ0n) is 10.8. The maximum absolute atomic E-state index is 11.9. The Bertz CT molecular complexity index is 625. The van der Waals surface area contributed by atoms with E-state index in [9.17, 15) is 9.59 Å². The van der Waals surface area contributed by atoms with Crippen LogP contribution < -0.4 is 5.32 Å². The number of nitrogens with zero attached hydrogens (tertiary/aromatic N) is 2. The van der Waals surface area contributed by atoms with Crippen LogP contribution in [0.25, 0.3) is 0 Å². The van der Waals surface area contributed by atoms with Crippen molar-refractivity contribution in [1.82, 2.24) is 9.97 Å². The van der Waals surface area contributed by atoms with E-state index in [1.54, 1.807) is 31.5 Å². The van der Waals surface area contributed by atoms with Crippen molar-refractivity contribution in [2.24, 2.45) is 0 Å². The highest BCUT2D eigenvalue weighted by atomic mass is 32.1. The number of amides is 1. The van der Waals surface area contributed by atoms with Crippen LogP contribution in [0.1, 0.15) is 27.3 Å². The normalized spacial score (nSPS) is 10.2. The summed E-state index contributed by atoms with van der Waals surface area (Å²) in [6, 6.07) is 3.22. The molecule has 104 valence electrons. The molecule has 0 spiro atoms. The van der Waals surface area contributed by atoms with Gasteiger partial charge in [0.1, 0.15) is 0 Å². The minimum absolute atomic E-state index is 0.0563. The molecule has 0 aliphatic rings. The maximum Gasteiger partial charge on any atom is 0.303 e. The smallest absolute Gasteiger partial charge is 0.303 e. The number of thiazole rings is 1. The number of anilines is 1. The lowest BCUT2D eigenvalue weighted by Gasteiger charge is -2.00. The minimum atomic E-state index is -0.847. The molecule has 2 heterocycles. The van der Waals surface area contributed by atoms with Crippen molar-refractivity contribution in [2.75, 3.05) is 5.32 Å². The molecule has 0 fully saturated rings. The van der Waals surface area contributed by atoms with Gasteiger partial charge in [0.05, 0.1) is 12.1 Å². The average molecular weight is 291 g/mol. The molecule has 2 N–H and O–H groups in total. The van der Waals surface area contributed by atoms with Gasteiger partial charge in [0.2, 0.25) is 0 Å². The summed E-state index contributed by atoms with van der Waals surface area (Å²) in [5, 5.41) is 11.9. The van der Waals surface area contributed by atoms with Crippen molar-refractivity contribution < 1.29 is 14.7 Å². The Hall–Kier alpha value is -2.28. The number of carboxylic acid groups (broad SMARTS) is 1. The van der Waals surface area contributed by atoms with Gasteiger partial charge in [-0.1, -0.05) is 0 Å². The molecule has 0 bridgehead atoms. The molecular weight excluding hydrogens is 278 g/mol. The third kappa shape index (κ3) is 3.61. The van der Waals surface area contributed by atoms with Crippen molar-refractivity contribution in [3.05, 3.63) is 40.7 Å². The highest BCUT2D eigenvalue weighted by Crippen LogP contribution is 2.24. The highest BCUT2D eigenvalue weighted by Gasteiger charge is 2.12.